The fourth-order valence-corrected chi connectivity index (χ4v) is 5.56. The van der Waals surface area contributed by atoms with Gasteiger partial charge in [-0.2, -0.15) is 5.10 Å². The van der Waals surface area contributed by atoms with Gasteiger partial charge in [0.1, 0.15) is 5.69 Å². The second-order valence-electron chi connectivity index (χ2n) is 8.53. The lowest BCUT2D eigenvalue weighted by molar-refractivity contribution is -0.136. The Hall–Kier alpha value is -3.01. The quantitative estimate of drug-likeness (QED) is 0.616. The SMILES string of the molecule is Cc1nc(CN2CC[C@]3(CN(C(=O)c4ccnn4C)C[C@H]3c3cn(C)cn3)C2=O)cs1. The van der Waals surface area contributed by atoms with Gasteiger partial charge in [-0.3, -0.25) is 14.3 Å². The Morgan fingerprint density at radius 2 is 2.19 bits per heavy atom. The summed E-state index contributed by atoms with van der Waals surface area (Å²) < 4.78 is 3.47. The molecule has 5 rings (SSSR count). The molecule has 2 amide bonds. The van der Waals surface area contributed by atoms with Crippen LogP contribution in [0.1, 0.15) is 39.2 Å². The summed E-state index contributed by atoms with van der Waals surface area (Å²) >= 11 is 1.59. The van der Waals surface area contributed by atoms with Gasteiger partial charge in [0.05, 0.1) is 34.7 Å². The van der Waals surface area contributed by atoms with E-state index in [4.69, 9.17) is 0 Å². The van der Waals surface area contributed by atoms with Crippen molar-refractivity contribution in [1.82, 2.24) is 34.1 Å². The molecule has 10 heteroatoms. The van der Waals surface area contributed by atoms with Gasteiger partial charge in [-0.1, -0.05) is 0 Å². The van der Waals surface area contributed by atoms with E-state index in [0.717, 1.165) is 16.4 Å². The molecule has 0 aromatic carbocycles. The summed E-state index contributed by atoms with van der Waals surface area (Å²) in [7, 11) is 3.68. The molecule has 0 bridgehead atoms. The van der Waals surface area contributed by atoms with E-state index >= 15 is 0 Å². The number of hydrogen-bond acceptors (Lipinski definition) is 6. The molecule has 0 saturated carbocycles. The molecule has 2 fully saturated rings. The summed E-state index contributed by atoms with van der Waals surface area (Å²) in [5.41, 5.74) is 1.65. The average molecular weight is 440 g/mol. The van der Waals surface area contributed by atoms with Gasteiger partial charge in [0.15, 0.2) is 0 Å². The van der Waals surface area contributed by atoms with Gasteiger partial charge in [-0.15, -0.1) is 11.3 Å². The highest BCUT2D eigenvalue weighted by Gasteiger charge is 2.58. The summed E-state index contributed by atoms with van der Waals surface area (Å²) in [6.07, 6.45) is 6.03. The molecule has 31 heavy (non-hydrogen) atoms. The Balaban J connectivity index is 1.46. The molecule has 0 N–H and O–H groups in total. The lowest BCUT2D eigenvalue weighted by Crippen LogP contribution is -2.40. The zero-order valence-electron chi connectivity index (χ0n) is 17.9. The third-order valence-electron chi connectivity index (χ3n) is 6.51. The Labute approximate surface area is 184 Å². The van der Waals surface area contributed by atoms with E-state index in [9.17, 15) is 9.59 Å². The largest absolute Gasteiger partial charge is 0.340 e. The number of thiazole rings is 1. The average Bonchev–Trinajstić information content (AvgIpc) is 3.54. The third kappa shape index (κ3) is 3.25. The van der Waals surface area contributed by atoms with E-state index in [1.807, 2.05) is 35.0 Å². The monoisotopic (exact) mass is 439 g/mol. The number of hydrogen-bond donors (Lipinski definition) is 0. The molecule has 162 valence electrons. The van der Waals surface area contributed by atoms with Crippen LogP contribution in [0.25, 0.3) is 0 Å². The molecule has 1 spiro atoms. The van der Waals surface area contributed by atoms with Gasteiger partial charge in [-0.05, 0) is 19.4 Å². The summed E-state index contributed by atoms with van der Waals surface area (Å²) in [6.45, 7) is 4.00. The maximum Gasteiger partial charge on any atom is 0.272 e. The molecule has 2 atom stereocenters. The number of aromatic nitrogens is 5. The Morgan fingerprint density at radius 3 is 2.84 bits per heavy atom. The maximum absolute atomic E-state index is 13.8. The van der Waals surface area contributed by atoms with E-state index in [0.29, 0.717) is 38.3 Å². The second kappa shape index (κ2) is 7.30. The molecule has 2 aliphatic rings. The number of amides is 2. The van der Waals surface area contributed by atoms with Crippen molar-refractivity contribution in [1.29, 1.82) is 0 Å². The van der Waals surface area contributed by atoms with Crippen molar-refractivity contribution in [2.45, 2.75) is 25.8 Å². The molecule has 0 unspecified atom stereocenters. The van der Waals surface area contributed by atoms with Crippen LogP contribution in [0.5, 0.6) is 0 Å². The number of aryl methyl sites for hydroxylation is 3. The van der Waals surface area contributed by atoms with Crippen LogP contribution < -0.4 is 0 Å². The van der Waals surface area contributed by atoms with Gasteiger partial charge < -0.3 is 14.4 Å². The van der Waals surface area contributed by atoms with Crippen molar-refractivity contribution in [2.24, 2.45) is 19.5 Å². The molecule has 2 aliphatic heterocycles. The van der Waals surface area contributed by atoms with Crippen LogP contribution in [0, 0.1) is 12.3 Å². The molecule has 0 radical (unpaired) electrons. The zero-order valence-corrected chi connectivity index (χ0v) is 18.7. The van der Waals surface area contributed by atoms with Gasteiger partial charge >= 0.3 is 0 Å². The molecule has 0 aliphatic carbocycles. The highest BCUT2D eigenvalue weighted by atomic mass is 32.1. The Bertz CT molecular complexity index is 1150. The molecule has 5 heterocycles. The van der Waals surface area contributed by atoms with Crippen molar-refractivity contribution < 1.29 is 9.59 Å². The van der Waals surface area contributed by atoms with E-state index in [1.165, 1.54) is 0 Å². The van der Waals surface area contributed by atoms with Gasteiger partial charge in [0.25, 0.3) is 5.91 Å². The van der Waals surface area contributed by atoms with Crippen molar-refractivity contribution in [3.8, 4) is 0 Å². The van der Waals surface area contributed by atoms with Crippen LogP contribution in [0.3, 0.4) is 0 Å². The predicted octanol–water partition coefficient (Wildman–Crippen LogP) is 1.58. The molecular weight excluding hydrogens is 414 g/mol. The molecule has 2 saturated heterocycles. The minimum atomic E-state index is -0.659. The molecule has 9 nitrogen and oxygen atoms in total. The van der Waals surface area contributed by atoms with Crippen LogP contribution in [-0.2, 0) is 25.4 Å². The smallest absolute Gasteiger partial charge is 0.272 e. The van der Waals surface area contributed by atoms with E-state index < -0.39 is 5.41 Å². The number of nitrogens with zero attached hydrogens (tertiary/aromatic N) is 7. The third-order valence-corrected chi connectivity index (χ3v) is 7.33. The number of carbonyl (C=O) groups excluding carboxylic acids is 2. The summed E-state index contributed by atoms with van der Waals surface area (Å²) in [5.74, 6) is -0.145. The molecule has 3 aromatic heterocycles. The fraction of sp³-hybridized carbons (Fsp3) is 0.476. The highest BCUT2D eigenvalue weighted by molar-refractivity contribution is 7.09. The summed E-state index contributed by atoms with van der Waals surface area (Å²) in [4.78, 5) is 39.8. The zero-order chi connectivity index (χ0) is 21.8. The minimum Gasteiger partial charge on any atom is -0.340 e. The van der Waals surface area contributed by atoms with Crippen LogP contribution in [0.15, 0.2) is 30.2 Å². The maximum atomic E-state index is 13.8. The first-order valence-corrected chi connectivity index (χ1v) is 11.2. The highest BCUT2D eigenvalue weighted by Crippen LogP contribution is 2.50. The van der Waals surface area contributed by atoms with Crippen LogP contribution >= 0.6 is 11.3 Å². The molecular formula is C21H25N7O2S. The van der Waals surface area contributed by atoms with Crippen LogP contribution in [-0.4, -0.2) is 65.6 Å². The van der Waals surface area contributed by atoms with Crippen LogP contribution in [0.4, 0.5) is 0 Å². The lowest BCUT2D eigenvalue weighted by Gasteiger charge is -2.27. The number of likely N-dealkylation sites (tertiary alicyclic amines) is 2. The van der Waals surface area contributed by atoms with E-state index in [-0.39, 0.29) is 17.7 Å². The topological polar surface area (TPSA) is 89.2 Å². The number of carbonyl (C=O) groups is 2. The van der Waals surface area contributed by atoms with Crippen molar-refractivity contribution >= 4 is 23.2 Å². The molecule has 3 aromatic rings. The second-order valence-corrected chi connectivity index (χ2v) is 9.60. The predicted molar refractivity (Wildman–Crippen MR) is 114 cm³/mol. The first-order chi connectivity index (χ1) is 14.9. The van der Waals surface area contributed by atoms with Gasteiger partial charge in [-0.25, -0.2) is 9.97 Å². The Morgan fingerprint density at radius 1 is 1.35 bits per heavy atom. The Kier molecular flexibility index (Phi) is 4.69. The normalized spacial score (nSPS) is 23.5. The summed E-state index contributed by atoms with van der Waals surface area (Å²) in [6, 6.07) is 1.72. The lowest BCUT2D eigenvalue weighted by atomic mass is 9.75. The minimum absolute atomic E-state index is 0.0918. The number of rotatable bonds is 4. The van der Waals surface area contributed by atoms with E-state index in [2.05, 4.69) is 15.1 Å². The van der Waals surface area contributed by atoms with Crippen molar-refractivity contribution in [3.05, 3.63) is 52.3 Å². The standard InChI is InChI=1S/C21H25N7O2S/c1-14-24-15(11-31-14)8-27-7-5-21(20(27)30)12-28(19(29)18-4-6-23-26(18)3)9-16(21)17-10-25(2)13-22-17/h4,6,10-11,13,16H,5,7-9,12H2,1-3H3/t16-,21+/m0/s1. The number of imidazole rings is 1. The first-order valence-electron chi connectivity index (χ1n) is 10.3. The van der Waals surface area contributed by atoms with E-state index in [1.54, 1.807) is 46.6 Å². The first kappa shape index (κ1) is 19.9. The van der Waals surface area contributed by atoms with Gasteiger partial charge in [0, 0.05) is 57.4 Å². The summed E-state index contributed by atoms with van der Waals surface area (Å²) in [5, 5.41) is 7.13. The van der Waals surface area contributed by atoms with Crippen LogP contribution in [0.2, 0.25) is 0 Å². The fourth-order valence-electron chi connectivity index (χ4n) is 4.96. The van der Waals surface area contributed by atoms with Gasteiger partial charge in [0.2, 0.25) is 5.91 Å². The van der Waals surface area contributed by atoms with Crippen molar-refractivity contribution in [2.75, 3.05) is 19.6 Å². The van der Waals surface area contributed by atoms with Crippen molar-refractivity contribution in [3.63, 3.8) is 0 Å².